The van der Waals surface area contributed by atoms with Gasteiger partial charge in [0.25, 0.3) is 0 Å². The standard InChI is InChI=1S/C18H16Br2N4.Ni/c1-12-6-5-7-14(22-12)11-24(16-8-3-4-9-21-16)18-17(20)15(19)10-13(2)23-18;/h3-10H,11H2,1-2H3;. The van der Waals surface area contributed by atoms with E-state index in [-0.39, 0.29) is 16.5 Å². The Bertz CT molecular complexity index is 859. The summed E-state index contributed by atoms with van der Waals surface area (Å²) in [6.45, 7) is 4.55. The summed E-state index contributed by atoms with van der Waals surface area (Å²) in [4.78, 5) is 15.9. The largest absolute Gasteiger partial charge is 0.304 e. The van der Waals surface area contributed by atoms with Crippen molar-refractivity contribution in [2.75, 3.05) is 4.90 Å². The van der Waals surface area contributed by atoms with Crippen LogP contribution >= 0.6 is 31.9 Å². The Labute approximate surface area is 174 Å². The Morgan fingerprint density at radius 2 is 1.76 bits per heavy atom. The minimum Gasteiger partial charge on any atom is -0.304 e. The summed E-state index contributed by atoms with van der Waals surface area (Å²) in [5, 5.41) is 0. The zero-order valence-corrected chi connectivity index (χ0v) is 17.8. The first-order valence-corrected chi connectivity index (χ1v) is 9.07. The van der Waals surface area contributed by atoms with E-state index in [1.54, 1.807) is 6.20 Å². The molecular weight excluding hydrogens is 491 g/mol. The molecule has 3 rings (SSSR count). The molecule has 3 aromatic rings. The van der Waals surface area contributed by atoms with Gasteiger partial charge in [-0.05, 0) is 76.0 Å². The fraction of sp³-hybridized carbons (Fsp3) is 0.167. The van der Waals surface area contributed by atoms with Crippen LogP contribution in [0.3, 0.4) is 0 Å². The van der Waals surface area contributed by atoms with Gasteiger partial charge in [0.1, 0.15) is 11.6 Å². The van der Waals surface area contributed by atoms with Gasteiger partial charge in [0.15, 0.2) is 0 Å². The van der Waals surface area contributed by atoms with Crippen molar-refractivity contribution in [2.24, 2.45) is 0 Å². The normalized spacial score (nSPS) is 10.2. The molecule has 0 aliphatic carbocycles. The van der Waals surface area contributed by atoms with Crippen molar-refractivity contribution in [2.45, 2.75) is 20.4 Å². The number of halogens is 2. The van der Waals surface area contributed by atoms with Crippen LogP contribution in [-0.4, -0.2) is 15.0 Å². The first-order chi connectivity index (χ1) is 11.5. The quantitative estimate of drug-likeness (QED) is 0.447. The predicted octanol–water partition coefficient (Wildman–Crippen LogP) is 5.35. The molecule has 0 aliphatic heterocycles. The molecule has 0 spiro atoms. The van der Waals surface area contributed by atoms with Gasteiger partial charge in [-0.25, -0.2) is 9.97 Å². The predicted molar refractivity (Wildman–Crippen MR) is 103 cm³/mol. The van der Waals surface area contributed by atoms with Gasteiger partial charge < -0.3 is 4.90 Å². The third kappa shape index (κ3) is 4.87. The number of rotatable bonds is 4. The Hall–Kier alpha value is -1.30. The van der Waals surface area contributed by atoms with Crippen molar-refractivity contribution in [3.63, 3.8) is 0 Å². The Balaban J connectivity index is 0.00000225. The maximum Gasteiger partial charge on any atom is 0.150 e. The van der Waals surface area contributed by atoms with Gasteiger partial charge in [0, 0.05) is 38.5 Å². The number of hydrogen-bond acceptors (Lipinski definition) is 4. The maximum absolute atomic E-state index is 4.71. The average molecular weight is 507 g/mol. The summed E-state index contributed by atoms with van der Waals surface area (Å²) in [6, 6.07) is 13.9. The van der Waals surface area contributed by atoms with Gasteiger partial charge in [-0.1, -0.05) is 12.1 Å². The number of aryl methyl sites for hydroxylation is 2. The number of pyridine rings is 3. The summed E-state index contributed by atoms with van der Waals surface area (Å²) in [7, 11) is 0. The average Bonchev–Trinajstić information content (AvgIpc) is 2.57. The summed E-state index contributed by atoms with van der Waals surface area (Å²) in [5.74, 6) is 1.63. The van der Waals surface area contributed by atoms with Gasteiger partial charge in [0.05, 0.1) is 16.7 Å². The second kappa shape index (κ2) is 8.88. The van der Waals surface area contributed by atoms with E-state index in [2.05, 4.69) is 46.7 Å². The molecule has 0 unspecified atom stereocenters. The topological polar surface area (TPSA) is 41.9 Å². The van der Waals surface area contributed by atoms with Crippen LogP contribution in [0.25, 0.3) is 0 Å². The second-order valence-electron chi connectivity index (χ2n) is 5.43. The van der Waals surface area contributed by atoms with Crippen molar-refractivity contribution >= 4 is 43.5 Å². The van der Waals surface area contributed by atoms with Crippen molar-refractivity contribution in [3.05, 3.63) is 74.7 Å². The minimum absolute atomic E-state index is 0. The number of nitrogens with zero attached hydrogens (tertiary/aromatic N) is 4. The fourth-order valence-corrected chi connectivity index (χ4v) is 3.33. The molecule has 4 nitrogen and oxygen atoms in total. The van der Waals surface area contributed by atoms with Crippen LogP contribution in [0.5, 0.6) is 0 Å². The first kappa shape index (κ1) is 20.0. The molecule has 7 heteroatoms. The van der Waals surface area contributed by atoms with Crippen LogP contribution in [-0.2, 0) is 23.0 Å². The molecule has 0 amide bonds. The molecule has 0 saturated heterocycles. The number of anilines is 2. The molecule has 25 heavy (non-hydrogen) atoms. The van der Waals surface area contributed by atoms with Gasteiger partial charge in [0.2, 0.25) is 0 Å². The molecule has 0 atom stereocenters. The maximum atomic E-state index is 4.71. The molecule has 132 valence electrons. The minimum atomic E-state index is 0. The molecule has 0 bridgehead atoms. The van der Waals surface area contributed by atoms with Crippen LogP contribution in [0.4, 0.5) is 11.6 Å². The summed E-state index contributed by atoms with van der Waals surface area (Å²) in [6.07, 6.45) is 1.78. The third-order valence-electron chi connectivity index (χ3n) is 3.47. The molecule has 0 radical (unpaired) electrons. The van der Waals surface area contributed by atoms with E-state index < -0.39 is 0 Å². The van der Waals surface area contributed by atoms with Crippen LogP contribution in [0.1, 0.15) is 17.1 Å². The molecular formula is C18H16Br2N4Ni. The number of aromatic nitrogens is 3. The molecule has 0 N–H and O–H groups in total. The monoisotopic (exact) mass is 504 g/mol. The van der Waals surface area contributed by atoms with Crippen molar-refractivity contribution in [1.82, 2.24) is 15.0 Å². The second-order valence-corrected chi connectivity index (χ2v) is 7.07. The fourth-order valence-electron chi connectivity index (χ4n) is 2.41. The zero-order valence-electron chi connectivity index (χ0n) is 13.7. The van der Waals surface area contributed by atoms with E-state index in [0.29, 0.717) is 6.54 Å². The van der Waals surface area contributed by atoms with Gasteiger partial charge in [-0.3, -0.25) is 4.98 Å². The summed E-state index contributed by atoms with van der Waals surface area (Å²) >= 11 is 7.23. The van der Waals surface area contributed by atoms with Crippen LogP contribution in [0.15, 0.2) is 57.6 Å². The van der Waals surface area contributed by atoms with Crippen molar-refractivity contribution < 1.29 is 16.5 Å². The van der Waals surface area contributed by atoms with E-state index >= 15 is 0 Å². The third-order valence-corrected chi connectivity index (χ3v) is 5.41. The van der Waals surface area contributed by atoms with Crippen molar-refractivity contribution in [1.29, 1.82) is 0 Å². The summed E-state index contributed by atoms with van der Waals surface area (Å²) in [5.41, 5.74) is 2.89. The van der Waals surface area contributed by atoms with Gasteiger partial charge >= 0.3 is 0 Å². The SMILES string of the molecule is Cc1cccc(CN(c2ccccn2)c2nc(C)cc(Br)c2Br)n1.[Ni]. The Kier molecular flexibility index (Phi) is 7.11. The molecule has 3 aromatic heterocycles. The van der Waals surface area contributed by atoms with E-state index in [4.69, 9.17) is 4.98 Å². The summed E-state index contributed by atoms with van der Waals surface area (Å²) < 4.78 is 1.86. The van der Waals surface area contributed by atoms with Crippen molar-refractivity contribution in [3.8, 4) is 0 Å². The number of hydrogen-bond donors (Lipinski definition) is 0. The molecule has 3 heterocycles. The smallest absolute Gasteiger partial charge is 0.150 e. The molecule has 0 fully saturated rings. The van der Waals surface area contributed by atoms with Crippen LogP contribution in [0, 0.1) is 13.8 Å². The Morgan fingerprint density at radius 1 is 0.960 bits per heavy atom. The molecule has 0 aliphatic rings. The van der Waals surface area contributed by atoms with Gasteiger partial charge in [-0.2, -0.15) is 0 Å². The van der Waals surface area contributed by atoms with E-state index in [9.17, 15) is 0 Å². The Morgan fingerprint density at radius 3 is 2.44 bits per heavy atom. The zero-order chi connectivity index (χ0) is 17.1. The van der Waals surface area contributed by atoms with E-state index in [0.717, 1.165) is 37.7 Å². The van der Waals surface area contributed by atoms with Crippen LogP contribution < -0.4 is 4.90 Å². The molecule has 0 saturated carbocycles. The van der Waals surface area contributed by atoms with Crippen LogP contribution in [0.2, 0.25) is 0 Å². The molecule has 0 aromatic carbocycles. The first-order valence-electron chi connectivity index (χ1n) is 7.48. The van der Waals surface area contributed by atoms with Gasteiger partial charge in [-0.15, -0.1) is 0 Å². The van der Waals surface area contributed by atoms with E-state index in [1.165, 1.54) is 0 Å². The van der Waals surface area contributed by atoms with E-state index in [1.807, 2.05) is 56.3 Å².